The Labute approximate surface area is 143 Å². The summed E-state index contributed by atoms with van der Waals surface area (Å²) in [6, 6.07) is 17.5. The van der Waals surface area contributed by atoms with Gasteiger partial charge in [-0.2, -0.15) is 0 Å². The van der Waals surface area contributed by atoms with Crippen molar-refractivity contribution in [3.63, 3.8) is 0 Å². The lowest BCUT2D eigenvalue weighted by Crippen LogP contribution is -2.43. The molecule has 122 valence electrons. The van der Waals surface area contributed by atoms with Crippen molar-refractivity contribution in [1.82, 2.24) is 10.2 Å². The maximum absolute atomic E-state index is 12.5. The second kappa shape index (κ2) is 8.14. The topological polar surface area (TPSA) is 32.3 Å². The molecular formula is C19H23ClN2O. The van der Waals surface area contributed by atoms with Crippen molar-refractivity contribution in [3.05, 3.63) is 70.7 Å². The first-order valence-corrected chi connectivity index (χ1v) is 8.15. The number of rotatable bonds is 6. The number of carbonyl (C=O) groups excluding carboxylic acids is 1. The zero-order valence-corrected chi connectivity index (χ0v) is 14.5. The molecule has 0 bridgehead atoms. The molecule has 2 rings (SSSR count). The molecule has 2 unspecified atom stereocenters. The van der Waals surface area contributed by atoms with Crippen LogP contribution in [0.2, 0.25) is 5.02 Å². The van der Waals surface area contributed by atoms with Crippen molar-refractivity contribution in [2.24, 2.45) is 0 Å². The van der Waals surface area contributed by atoms with Crippen molar-refractivity contribution in [2.45, 2.75) is 32.5 Å². The maximum atomic E-state index is 12.5. The standard InChI is InChI=1S/C19H23ClN2O/c1-14(17-9-11-18(20)12-10-17)21-15(2)19(23)22(3)13-16-7-5-4-6-8-16/h4-12,14-15,21H,13H2,1-3H3. The molecule has 0 aliphatic carbocycles. The Morgan fingerprint density at radius 3 is 2.30 bits per heavy atom. The summed E-state index contributed by atoms with van der Waals surface area (Å²) in [4.78, 5) is 14.3. The number of benzene rings is 2. The van der Waals surface area contributed by atoms with E-state index >= 15 is 0 Å². The Balaban J connectivity index is 1.92. The number of hydrogen-bond acceptors (Lipinski definition) is 2. The molecule has 3 nitrogen and oxygen atoms in total. The largest absolute Gasteiger partial charge is 0.340 e. The maximum Gasteiger partial charge on any atom is 0.239 e. The number of likely N-dealkylation sites (N-methyl/N-ethyl adjacent to an activating group) is 1. The van der Waals surface area contributed by atoms with Crippen LogP contribution in [-0.4, -0.2) is 23.9 Å². The molecule has 2 aromatic rings. The second-order valence-electron chi connectivity index (χ2n) is 5.84. The summed E-state index contributed by atoms with van der Waals surface area (Å²) in [6.45, 7) is 4.56. The van der Waals surface area contributed by atoms with Gasteiger partial charge in [-0.25, -0.2) is 0 Å². The normalized spacial score (nSPS) is 13.4. The lowest BCUT2D eigenvalue weighted by molar-refractivity contribution is -0.132. The number of nitrogens with one attached hydrogen (secondary N) is 1. The first kappa shape index (κ1) is 17.5. The quantitative estimate of drug-likeness (QED) is 0.867. The first-order chi connectivity index (χ1) is 11.0. The molecule has 0 aliphatic heterocycles. The fraction of sp³-hybridized carbons (Fsp3) is 0.316. The SMILES string of the molecule is CC(NC(C)c1ccc(Cl)cc1)C(=O)N(C)Cc1ccccc1. The van der Waals surface area contributed by atoms with Gasteiger partial charge in [0.1, 0.15) is 0 Å². The van der Waals surface area contributed by atoms with Crippen LogP contribution < -0.4 is 5.32 Å². The predicted molar refractivity (Wildman–Crippen MR) is 95.4 cm³/mol. The number of hydrogen-bond donors (Lipinski definition) is 1. The van der Waals surface area contributed by atoms with Crippen LogP contribution in [0.3, 0.4) is 0 Å². The highest BCUT2D eigenvalue weighted by molar-refractivity contribution is 6.30. The molecule has 1 N–H and O–H groups in total. The van der Waals surface area contributed by atoms with Crippen LogP contribution in [0.15, 0.2) is 54.6 Å². The van der Waals surface area contributed by atoms with Crippen molar-refractivity contribution in [1.29, 1.82) is 0 Å². The molecule has 0 aromatic heterocycles. The highest BCUT2D eigenvalue weighted by Crippen LogP contribution is 2.17. The van der Waals surface area contributed by atoms with E-state index in [0.29, 0.717) is 11.6 Å². The summed E-state index contributed by atoms with van der Waals surface area (Å²) in [5.74, 6) is 0.0784. The molecule has 0 spiro atoms. The molecule has 0 radical (unpaired) electrons. The molecule has 23 heavy (non-hydrogen) atoms. The monoisotopic (exact) mass is 330 g/mol. The first-order valence-electron chi connectivity index (χ1n) is 7.78. The van der Waals surface area contributed by atoms with Gasteiger partial charge in [0.15, 0.2) is 0 Å². The minimum atomic E-state index is -0.255. The van der Waals surface area contributed by atoms with Crippen LogP contribution in [0.25, 0.3) is 0 Å². The van der Waals surface area contributed by atoms with Crippen LogP contribution >= 0.6 is 11.6 Å². The van der Waals surface area contributed by atoms with Crippen LogP contribution in [0.5, 0.6) is 0 Å². The van der Waals surface area contributed by atoms with Gasteiger partial charge in [-0.15, -0.1) is 0 Å². The summed E-state index contributed by atoms with van der Waals surface area (Å²) >= 11 is 5.91. The van der Waals surface area contributed by atoms with E-state index in [2.05, 4.69) is 5.32 Å². The molecule has 0 heterocycles. The Kier molecular flexibility index (Phi) is 6.20. The average Bonchev–Trinajstić information content (AvgIpc) is 2.55. The Morgan fingerprint density at radius 2 is 1.70 bits per heavy atom. The summed E-state index contributed by atoms with van der Waals surface area (Å²) in [5, 5.41) is 4.06. The van der Waals surface area contributed by atoms with E-state index in [9.17, 15) is 4.79 Å². The van der Waals surface area contributed by atoms with Gasteiger partial charge in [0.25, 0.3) is 0 Å². The fourth-order valence-corrected chi connectivity index (χ4v) is 2.69. The minimum absolute atomic E-state index is 0.0784. The molecular weight excluding hydrogens is 308 g/mol. The Bertz CT molecular complexity index is 628. The molecule has 2 atom stereocenters. The van der Waals surface area contributed by atoms with E-state index < -0.39 is 0 Å². The minimum Gasteiger partial charge on any atom is -0.340 e. The third-order valence-corrected chi connectivity index (χ3v) is 4.13. The van der Waals surface area contributed by atoms with Gasteiger partial charge in [-0.1, -0.05) is 54.1 Å². The van der Waals surface area contributed by atoms with E-state index in [1.165, 1.54) is 0 Å². The Morgan fingerprint density at radius 1 is 1.09 bits per heavy atom. The molecule has 0 fully saturated rings. The summed E-state index contributed by atoms with van der Waals surface area (Å²) in [6.07, 6.45) is 0. The van der Waals surface area contributed by atoms with Crippen molar-refractivity contribution in [3.8, 4) is 0 Å². The predicted octanol–water partition coefficient (Wildman–Crippen LogP) is 4.04. The van der Waals surface area contributed by atoms with Crippen LogP contribution in [0.1, 0.15) is 31.0 Å². The van der Waals surface area contributed by atoms with Gasteiger partial charge in [0.2, 0.25) is 5.91 Å². The van der Waals surface area contributed by atoms with Crippen LogP contribution in [0.4, 0.5) is 0 Å². The van der Waals surface area contributed by atoms with Gasteiger partial charge >= 0.3 is 0 Å². The lowest BCUT2D eigenvalue weighted by atomic mass is 10.1. The van der Waals surface area contributed by atoms with Crippen molar-refractivity contribution in [2.75, 3.05) is 7.05 Å². The van der Waals surface area contributed by atoms with E-state index in [1.54, 1.807) is 4.90 Å². The van der Waals surface area contributed by atoms with Gasteiger partial charge in [0.05, 0.1) is 6.04 Å². The van der Waals surface area contributed by atoms with Gasteiger partial charge in [-0.3, -0.25) is 10.1 Å². The summed E-state index contributed by atoms with van der Waals surface area (Å²) < 4.78 is 0. The number of carbonyl (C=O) groups is 1. The highest BCUT2D eigenvalue weighted by Gasteiger charge is 2.19. The van der Waals surface area contributed by atoms with Crippen LogP contribution in [0, 0.1) is 0 Å². The lowest BCUT2D eigenvalue weighted by Gasteiger charge is -2.25. The molecule has 0 aliphatic rings. The molecule has 0 saturated carbocycles. The fourth-order valence-electron chi connectivity index (χ4n) is 2.56. The molecule has 2 aromatic carbocycles. The van der Waals surface area contributed by atoms with E-state index in [-0.39, 0.29) is 18.0 Å². The second-order valence-corrected chi connectivity index (χ2v) is 6.28. The molecule has 1 amide bonds. The summed E-state index contributed by atoms with van der Waals surface area (Å²) in [5.41, 5.74) is 2.24. The number of nitrogens with zero attached hydrogens (tertiary/aromatic N) is 1. The van der Waals surface area contributed by atoms with Gasteiger partial charge < -0.3 is 4.90 Å². The molecule has 4 heteroatoms. The number of halogens is 1. The highest BCUT2D eigenvalue weighted by atomic mass is 35.5. The van der Waals surface area contributed by atoms with Gasteiger partial charge in [-0.05, 0) is 37.1 Å². The summed E-state index contributed by atoms with van der Waals surface area (Å²) in [7, 11) is 1.83. The Hall–Kier alpha value is -1.84. The van der Waals surface area contributed by atoms with Crippen LogP contribution in [-0.2, 0) is 11.3 Å². The van der Waals surface area contributed by atoms with E-state index in [1.807, 2.05) is 75.5 Å². The smallest absolute Gasteiger partial charge is 0.239 e. The zero-order valence-electron chi connectivity index (χ0n) is 13.8. The van der Waals surface area contributed by atoms with Gasteiger partial charge in [0, 0.05) is 24.7 Å². The van der Waals surface area contributed by atoms with E-state index in [0.717, 1.165) is 11.1 Å². The zero-order chi connectivity index (χ0) is 16.8. The average molecular weight is 331 g/mol. The third kappa shape index (κ3) is 5.08. The third-order valence-electron chi connectivity index (χ3n) is 3.88. The van der Waals surface area contributed by atoms with E-state index in [4.69, 9.17) is 11.6 Å². The number of amides is 1. The molecule has 0 saturated heterocycles. The van der Waals surface area contributed by atoms with Crippen molar-refractivity contribution < 1.29 is 4.79 Å². The van der Waals surface area contributed by atoms with Crippen molar-refractivity contribution >= 4 is 17.5 Å².